The Morgan fingerprint density at radius 3 is 2.62 bits per heavy atom. The number of nitrogens with zero attached hydrogens (tertiary/aromatic N) is 2. The summed E-state index contributed by atoms with van der Waals surface area (Å²) in [5, 5.41) is 3.26. The molecule has 5 nitrogen and oxygen atoms in total. The average molecular weight is 313 g/mol. The summed E-state index contributed by atoms with van der Waals surface area (Å²) >= 11 is 0. The van der Waals surface area contributed by atoms with Gasteiger partial charge in [-0.1, -0.05) is 6.92 Å². The molecular formula is C15H27N3O2S. The predicted molar refractivity (Wildman–Crippen MR) is 84.6 cm³/mol. The molecule has 0 aromatic carbocycles. The van der Waals surface area contributed by atoms with Gasteiger partial charge in [0.05, 0.1) is 0 Å². The summed E-state index contributed by atoms with van der Waals surface area (Å²) in [6.45, 7) is 8.42. The molecule has 0 amide bonds. The second-order valence-corrected chi connectivity index (χ2v) is 7.83. The highest BCUT2D eigenvalue weighted by Crippen LogP contribution is 2.36. The molecule has 2 rings (SSSR count). The predicted octanol–water partition coefficient (Wildman–Crippen LogP) is 2.04. The summed E-state index contributed by atoms with van der Waals surface area (Å²) < 4.78 is 29.1. The van der Waals surface area contributed by atoms with Gasteiger partial charge in [0, 0.05) is 38.1 Å². The van der Waals surface area contributed by atoms with E-state index in [1.54, 1.807) is 19.3 Å². The van der Waals surface area contributed by atoms with Crippen LogP contribution in [-0.4, -0.2) is 36.9 Å². The van der Waals surface area contributed by atoms with Crippen molar-refractivity contribution in [1.82, 2.24) is 14.2 Å². The van der Waals surface area contributed by atoms with E-state index in [0.29, 0.717) is 17.4 Å². The fourth-order valence-corrected chi connectivity index (χ4v) is 4.11. The molecule has 1 fully saturated rings. The Morgan fingerprint density at radius 1 is 1.43 bits per heavy atom. The van der Waals surface area contributed by atoms with Crippen molar-refractivity contribution in [2.75, 3.05) is 13.6 Å². The van der Waals surface area contributed by atoms with Gasteiger partial charge in [0.2, 0.25) is 10.0 Å². The Morgan fingerprint density at radius 2 is 2.10 bits per heavy atom. The maximum Gasteiger partial charge on any atom is 0.244 e. The van der Waals surface area contributed by atoms with E-state index in [4.69, 9.17) is 0 Å². The third-order valence-electron chi connectivity index (χ3n) is 4.41. The van der Waals surface area contributed by atoms with Crippen molar-refractivity contribution in [3.05, 3.63) is 18.0 Å². The normalized spacial score (nSPS) is 17.4. The van der Waals surface area contributed by atoms with Crippen molar-refractivity contribution >= 4 is 10.0 Å². The van der Waals surface area contributed by atoms with Crippen LogP contribution in [0, 0.1) is 5.92 Å². The molecule has 0 aliphatic heterocycles. The standard InChI is InChI=1S/C15H27N3O2S/c1-5-16-10-14-9-15(11-18(14)6-2)21(19,20)17(4)12(3)13-7-8-13/h9,11-13,16H,5-8,10H2,1-4H3. The Balaban J connectivity index is 2.24. The molecule has 6 heteroatoms. The lowest BCUT2D eigenvalue weighted by Crippen LogP contribution is -2.36. The van der Waals surface area contributed by atoms with Crippen LogP contribution in [0.1, 0.15) is 39.3 Å². The third-order valence-corrected chi connectivity index (χ3v) is 6.32. The lowest BCUT2D eigenvalue weighted by atomic mass is 10.2. The van der Waals surface area contributed by atoms with E-state index in [9.17, 15) is 8.42 Å². The zero-order valence-electron chi connectivity index (χ0n) is 13.5. The highest BCUT2D eigenvalue weighted by Gasteiger charge is 2.36. The van der Waals surface area contributed by atoms with E-state index < -0.39 is 10.0 Å². The molecule has 120 valence electrons. The second-order valence-electron chi connectivity index (χ2n) is 5.83. The van der Waals surface area contributed by atoms with Crippen LogP contribution in [-0.2, 0) is 23.1 Å². The summed E-state index contributed by atoms with van der Waals surface area (Å²) in [6.07, 6.45) is 4.05. The fourth-order valence-electron chi connectivity index (χ4n) is 2.62. The number of aryl methyl sites for hydroxylation is 1. The zero-order valence-corrected chi connectivity index (χ0v) is 14.3. The van der Waals surface area contributed by atoms with Gasteiger partial charge in [-0.25, -0.2) is 8.42 Å². The molecule has 1 aliphatic carbocycles. The summed E-state index contributed by atoms with van der Waals surface area (Å²) in [7, 11) is -1.70. The monoisotopic (exact) mass is 313 g/mol. The van der Waals surface area contributed by atoms with Crippen molar-refractivity contribution in [2.45, 2.75) is 57.6 Å². The van der Waals surface area contributed by atoms with Crippen LogP contribution in [0.25, 0.3) is 0 Å². The molecule has 0 saturated heterocycles. The lowest BCUT2D eigenvalue weighted by Gasteiger charge is -2.23. The minimum atomic E-state index is -3.40. The Hall–Kier alpha value is -0.850. The van der Waals surface area contributed by atoms with Gasteiger partial charge in [-0.05, 0) is 45.2 Å². The van der Waals surface area contributed by atoms with E-state index in [1.807, 2.05) is 25.3 Å². The molecule has 1 unspecified atom stereocenters. The topological polar surface area (TPSA) is 54.3 Å². The third kappa shape index (κ3) is 3.49. The van der Waals surface area contributed by atoms with E-state index in [0.717, 1.165) is 31.6 Å². The molecule has 1 aromatic rings. The van der Waals surface area contributed by atoms with Gasteiger partial charge in [0.25, 0.3) is 0 Å². The first-order valence-electron chi connectivity index (χ1n) is 7.79. The summed E-state index contributed by atoms with van der Waals surface area (Å²) in [5.74, 6) is 0.527. The SMILES string of the molecule is CCNCc1cc(S(=O)(=O)N(C)C(C)C2CC2)cn1CC. The Kier molecular flexibility index (Phi) is 5.11. The van der Waals surface area contributed by atoms with Gasteiger partial charge in [0.1, 0.15) is 4.90 Å². The van der Waals surface area contributed by atoms with Crippen LogP contribution in [0.3, 0.4) is 0 Å². The van der Waals surface area contributed by atoms with Gasteiger partial charge in [-0.3, -0.25) is 0 Å². The first-order chi connectivity index (χ1) is 9.91. The van der Waals surface area contributed by atoms with Crippen LogP contribution in [0.4, 0.5) is 0 Å². The van der Waals surface area contributed by atoms with E-state index in [1.165, 1.54) is 4.31 Å². The largest absolute Gasteiger partial charge is 0.349 e. The molecule has 1 saturated carbocycles. The maximum absolute atomic E-state index is 12.8. The lowest BCUT2D eigenvalue weighted by molar-refractivity contribution is 0.357. The number of aromatic nitrogens is 1. The number of sulfonamides is 1. The van der Waals surface area contributed by atoms with Crippen molar-refractivity contribution in [3.8, 4) is 0 Å². The summed E-state index contributed by atoms with van der Waals surface area (Å²) in [5.41, 5.74) is 1.02. The number of rotatable bonds is 8. The van der Waals surface area contributed by atoms with Crippen LogP contribution in [0.2, 0.25) is 0 Å². The molecule has 1 N–H and O–H groups in total. The molecule has 21 heavy (non-hydrogen) atoms. The maximum atomic E-state index is 12.8. The smallest absolute Gasteiger partial charge is 0.244 e. The minimum Gasteiger partial charge on any atom is -0.349 e. The summed E-state index contributed by atoms with van der Waals surface area (Å²) in [6, 6.07) is 1.88. The van der Waals surface area contributed by atoms with Crippen LogP contribution in [0.15, 0.2) is 17.2 Å². The highest BCUT2D eigenvalue weighted by atomic mass is 32.2. The first-order valence-corrected chi connectivity index (χ1v) is 9.23. The second kappa shape index (κ2) is 6.50. The molecule has 1 aromatic heterocycles. The van der Waals surface area contributed by atoms with Crippen molar-refractivity contribution < 1.29 is 8.42 Å². The van der Waals surface area contributed by atoms with Crippen LogP contribution < -0.4 is 5.32 Å². The van der Waals surface area contributed by atoms with Crippen molar-refractivity contribution in [2.24, 2.45) is 5.92 Å². The quantitative estimate of drug-likeness (QED) is 0.799. The number of nitrogens with one attached hydrogen (secondary N) is 1. The molecule has 0 radical (unpaired) electrons. The van der Waals surface area contributed by atoms with Gasteiger partial charge < -0.3 is 9.88 Å². The zero-order chi connectivity index (χ0) is 15.6. The fraction of sp³-hybridized carbons (Fsp3) is 0.733. The van der Waals surface area contributed by atoms with Gasteiger partial charge >= 0.3 is 0 Å². The first kappa shape index (κ1) is 16.5. The van der Waals surface area contributed by atoms with Gasteiger partial charge in [-0.15, -0.1) is 0 Å². The van der Waals surface area contributed by atoms with E-state index in [-0.39, 0.29) is 6.04 Å². The van der Waals surface area contributed by atoms with Crippen molar-refractivity contribution in [3.63, 3.8) is 0 Å². The molecule has 1 heterocycles. The van der Waals surface area contributed by atoms with Gasteiger partial charge in [-0.2, -0.15) is 4.31 Å². The van der Waals surface area contributed by atoms with Gasteiger partial charge in [0.15, 0.2) is 0 Å². The molecule has 0 spiro atoms. The number of hydrogen-bond acceptors (Lipinski definition) is 3. The average Bonchev–Trinajstić information content (AvgIpc) is 3.23. The highest BCUT2D eigenvalue weighted by molar-refractivity contribution is 7.89. The molecule has 1 atom stereocenters. The van der Waals surface area contributed by atoms with Crippen molar-refractivity contribution in [1.29, 1.82) is 0 Å². The number of hydrogen-bond donors (Lipinski definition) is 1. The summed E-state index contributed by atoms with van der Waals surface area (Å²) in [4.78, 5) is 0.409. The Labute approximate surface area is 128 Å². The van der Waals surface area contributed by atoms with E-state index >= 15 is 0 Å². The Bertz CT molecular complexity index is 576. The molecule has 1 aliphatic rings. The minimum absolute atomic E-state index is 0.0807. The van der Waals surface area contributed by atoms with Crippen LogP contribution in [0.5, 0.6) is 0 Å². The molecule has 0 bridgehead atoms. The van der Waals surface area contributed by atoms with E-state index in [2.05, 4.69) is 5.32 Å². The van der Waals surface area contributed by atoms with Crippen LogP contribution >= 0.6 is 0 Å². The molecular weight excluding hydrogens is 286 g/mol.